The Labute approximate surface area is 197 Å². The molecule has 0 saturated carbocycles. The first kappa shape index (κ1) is 21.3. The van der Waals surface area contributed by atoms with E-state index in [-0.39, 0.29) is 6.03 Å². The molecule has 5 rings (SSSR count). The molecular formula is C25H25ClN6O. The summed E-state index contributed by atoms with van der Waals surface area (Å²) in [5.41, 5.74) is 5.66. The van der Waals surface area contributed by atoms with Crippen molar-refractivity contribution in [3.63, 3.8) is 0 Å². The summed E-state index contributed by atoms with van der Waals surface area (Å²) in [4.78, 5) is 19.5. The highest BCUT2D eigenvalue weighted by molar-refractivity contribution is 6.30. The molecule has 33 heavy (non-hydrogen) atoms. The van der Waals surface area contributed by atoms with Crippen molar-refractivity contribution in [3.8, 4) is 11.1 Å². The van der Waals surface area contributed by atoms with Crippen molar-refractivity contribution < 1.29 is 4.79 Å². The molecule has 2 aromatic carbocycles. The average Bonchev–Trinajstić information content (AvgIpc) is 3.27. The number of nitrogens with one attached hydrogen (secondary N) is 3. The molecule has 2 amide bonds. The highest BCUT2D eigenvalue weighted by atomic mass is 35.5. The van der Waals surface area contributed by atoms with E-state index in [1.165, 1.54) is 5.69 Å². The molecule has 7 nitrogen and oxygen atoms in total. The van der Waals surface area contributed by atoms with Gasteiger partial charge in [-0.1, -0.05) is 41.9 Å². The summed E-state index contributed by atoms with van der Waals surface area (Å²) in [6.07, 6.45) is 5.44. The minimum Gasteiger partial charge on any atom is -0.369 e. The van der Waals surface area contributed by atoms with Gasteiger partial charge in [0.1, 0.15) is 5.65 Å². The van der Waals surface area contributed by atoms with Gasteiger partial charge in [0.25, 0.3) is 0 Å². The number of para-hydroxylation sites is 1. The molecule has 168 valence electrons. The van der Waals surface area contributed by atoms with E-state index in [9.17, 15) is 4.79 Å². The lowest BCUT2D eigenvalue weighted by molar-refractivity contribution is 0.251. The zero-order chi connectivity index (χ0) is 22.6. The summed E-state index contributed by atoms with van der Waals surface area (Å²) in [5, 5.41) is 9.90. The minimum absolute atomic E-state index is 0.270. The van der Waals surface area contributed by atoms with Crippen LogP contribution in [0.3, 0.4) is 0 Å². The summed E-state index contributed by atoms with van der Waals surface area (Å²) in [7, 11) is 0. The van der Waals surface area contributed by atoms with Gasteiger partial charge in [0, 0.05) is 61.4 Å². The topological polar surface area (TPSA) is 73.7 Å². The van der Waals surface area contributed by atoms with E-state index in [4.69, 9.17) is 11.6 Å². The fourth-order valence-corrected chi connectivity index (χ4v) is 4.35. The van der Waals surface area contributed by atoms with Crippen LogP contribution in [0.1, 0.15) is 5.56 Å². The van der Waals surface area contributed by atoms with Gasteiger partial charge in [-0.25, -0.2) is 9.78 Å². The van der Waals surface area contributed by atoms with Crippen LogP contribution < -0.4 is 20.9 Å². The van der Waals surface area contributed by atoms with Crippen molar-refractivity contribution in [2.24, 2.45) is 0 Å². The average molecular weight is 461 g/mol. The number of fused-ring (bicyclic) bond motifs is 1. The van der Waals surface area contributed by atoms with Gasteiger partial charge >= 0.3 is 6.03 Å². The van der Waals surface area contributed by atoms with Crippen LogP contribution in [0.15, 0.2) is 73.2 Å². The number of halogens is 1. The van der Waals surface area contributed by atoms with Crippen molar-refractivity contribution in [2.45, 2.75) is 6.54 Å². The number of rotatable bonds is 5. The van der Waals surface area contributed by atoms with Crippen LogP contribution in [0.25, 0.3) is 16.8 Å². The number of hydrogen-bond acceptors (Lipinski definition) is 4. The number of benzene rings is 2. The molecule has 0 spiro atoms. The monoisotopic (exact) mass is 460 g/mol. The number of hydrogen-bond donors (Lipinski definition) is 3. The van der Waals surface area contributed by atoms with Gasteiger partial charge in [0.05, 0.1) is 11.9 Å². The van der Waals surface area contributed by atoms with Crippen molar-refractivity contribution in [1.82, 2.24) is 20.0 Å². The smallest absolute Gasteiger partial charge is 0.319 e. The van der Waals surface area contributed by atoms with Gasteiger partial charge in [0.15, 0.2) is 0 Å². The van der Waals surface area contributed by atoms with E-state index in [1.807, 2.05) is 59.3 Å². The predicted molar refractivity (Wildman–Crippen MR) is 133 cm³/mol. The Balaban J connectivity index is 1.26. The Morgan fingerprint density at radius 3 is 2.79 bits per heavy atom. The molecule has 0 bridgehead atoms. The SMILES string of the molecule is O=C(NCc1ccccc1N1CCNCC1)Nc1cnc2c(-c3cccc(Cl)c3)ccn2c1. The lowest BCUT2D eigenvalue weighted by atomic mass is 10.1. The molecule has 4 aromatic rings. The highest BCUT2D eigenvalue weighted by Crippen LogP contribution is 2.27. The molecule has 0 radical (unpaired) electrons. The Bertz CT molecular complexity index is 1280. The van der Waals surface area contributed by atoms with Crippen LogP contribution in [-0.2, 0) is 6.54 Å². The third-order valence-corrected chi connectivity index (χ3v) is 6.01. The molecule has 0 atom stereocenters. The van der Waals surface area contributed by atoms with E-state index in [0.29, 0.717) is 17.3 Å². The minimum atomic E-state index is -0.270. The Hall–Kier alpha value is -3.55. The standard InChI is InChI=1S/C25H25ClN6O/c26-20-6-3-5-18(14-20)22-8-11-32-17-21(16-28-24(22)32)30-25(33)29-15-19-4-1-2-7-23(19)31-12-9-27-10-13-31/h1-8,11,14,16-17,27H,9-10,12-13,15H2,(H2,29,30,33). The number of anilines is 2. The summed E-state index contributed by atoms with van der Waals surface area (Å²) < 4.78 is 1.89. The van der Waals surface area contributed by atoms with Crippen molar-refractivity contribution >= 4 is 34.7 Å². The van der Waals surface area contributed by atoms with E-state index < -0.39 is 0 Å². The number of urea groups is 1. The molecule has 1 aliphatic heterocycles. The molecule has 0 aliphatic carbocycles. The fraction of sp³-hybridized carbons (Fsp3) is 0.200. The maximum Gasteiger partial charge on any atom is 0.319 e. The first-order valence-corrected chi connectivity index (χ1v) is 11.4. The Morgan fingerprint density at radius 1 is 1.09 bits per heavy atom. The summed E-state index contributed by atoms with van der Waals surface area (Å²) in [6.45, 7) is 4.31. The first-order chi connectivity index (χ1) is 16.2. The van der Waals surface area contributed by atoms with Crippen LogP contribution in [0.4, 0.5) is 16.2 Å². The lowest BCUT2D eigenvalue weighted by Gasteiger charge is -2.31. The van der Waals surface area contributed by atoms with Crippen LogP contribution in [-0.4, -0.2) is 41.6 Å². The predicted octanol–water partition coefficient (Wildman–Crippen LogP) is 4.39. The lowest BCUT2D eigenvalue weighted by Crippen LogP contribution is -2.44. The fourth-order valence-electron chi connectivity index (χ4n) is 4.16. The second-order valence-electron chi connectivity index (χ2n) is 7.99. The summed E-state index contributed by atoms with van der Waals surface area (Å²) in [5.74, 6) is 0. The zero-order valence-electron chi connectivity index (χ0n) is 18.1. The quantitative estimate of drug-likeness (QED) is 0.413. The highest BCUT2D eigenvalue weighted by Gasteiger charge is 2.14. The van der Waals surface area contributed by atoms with E-state index >= 15 is 0 Å². The van der Waals surface area contributed by atoms with Gasteiger partial charge in [0.2, 0.25) is 0 Å². The molecule has 1 saturated heterocycles. The number of nitrogens with zero attached hydrogens (tertiary/aromatic N) is 3. The molecule has 3 N–H and O–H groups in total. The van der Waals surface area contributed by atoms with Crippen molar-refractivity contribution in [3.05, 3.63) is 83.8 Å². The number of carbonyl (C=O) groups excluding carboxylic acids is 1. The van der Waals surface area contributed by atoms with Crippen LogP contribution in [0.2, 0.25) is 5.02 Å². The molecule has 3 heterocycles. The van der Waals surface area contributed by atoms with Crippen LogP contribution in [0.5, 0.6) is 0 Å². The van der Waals surface area contributed by atoms with Gasteiger partial charge in [-0.15, -0.1) is 0 Å². The summed E-state index contributed by atoms with van der Waals surface area (Å²) >= 11 is 6.14. The van der Waals surface area contributed by atoms with Gasteiger partial charge in [-0.2, -0.15) is 0 Å². The first-order valence-electron chi connectivity index (χ1n) is 11.0. The van der Waals surface area contributed by atoms with E-state index in [0.717, 1.165) is 48.5 Å². The van der Waals surface area contributed by atoms with Crippen molar-refractivity contribution in [2.75, 3.05) is 36.4 Å². The molecule has 1 fully saturated rings. The van der Waals surface area contributed by atoms with Gasteiger partial charge < -0.3 is 25.3 Å². The zero-order valence-corrected chi connectivity index (χ0v) is 18.8. The van der Waals surface area contributed by atoms with Crippen LogP contribution >= 0.6 is 11.6 Å². The van der Waals surface area contributed by atoms with E-state index in [2.05, 4.69) is 38.0 Å². The van der Waals surface area contributed by atoms with Crippen LogP contribution in [0, 0.1) is 0 Å². The Morgan fingerprint density at radius 2 is 1.94 bits per heavy atom. The largest absolute Gasteiger partial charge is 0.369 e. The second kappa shape index (κ2) is 9.52. The third-order valence-electron chi connectivity index (χ3n) is 5.77. The summed E-state index contributed by atoms with van der Waals surface area (Å²) in [6, 6.07) is 17.6. The van der Waals surface area contributed by atoms with Gasteiger partial charge in [-0.05, 0) is 35.4 Å². The normalized spacial score (nSPS) is 13.8. The second-order valence-corrected chi connectivity index (χ2v) is 8.42. The maximum atomic E-state index is 12.6. The Kier molecular flexibility index (Phi) is 6.15. The molecule has 1 aliphatic rings. The third kappa shape index (κ3) is 4.79. The molecule has 8 heteroatoms. The molecular weight excluding hydrogens is 436 g/mol. The number of aromatic nitrogens is 2. The number of piperazine rings is 1. The number of carbonyl (C=O) groups is 1. The van der Waals surface area contributed by atoms with E-state index in [1.54, 1.807) is 6.20 Å². The molecule has 2 aromatic heterocycles. The van der Waals surface area contributed by atoms with Crippen molar-refractivity contribution in [1.29, 1.82) is 0 Å². The number of amides is 2. The van der Waals surface area contributed by atoms with Gasteiger partial charge in [-0.3, -0.25) is 0 Å². The maximum absolute atomic E-state index is 12.6. The molecule has 0 unspecified atom stereocenters.